The second-order valence-electron chi connectivity index (χ2n) is 4.18. The summed E-state index contributed by atoms with van der Waals surface area (Å²) >= 11 is 0. The van der Waals surface area contributed by atoms with Crippen molar-refractivity contribution in [3.8, 4) is 0 Å². The molecule has 0 radical (unpaired) electrons. The lowest BCUT2D eigenvalue weighted by Gasteiger charge is -2.31. The maximum absolute atomic E-state index is 11.3. The molecule has 2 aliphatic rings. The van der Waals surface area contributed by atoms with Crippen LogP contribution in [0, 0.1) is 0 Å². The van der Waals surface area contributed by atoms with Crippen LogP contribution in [0.25, 0.3) is 0 Å². The maximum atomic E-state index is 11.3. The van der Waals surface area contributed by atoms with Gasteiger partial charge in [0.1, 0.15) is 9.84 Å². The number of ether oxygens (including phenoxy) is 1. The van der Waals surface area contributed by atoms with E-state index in [1.54, 1.807) is 0 Å². The highest BCUT2D eigenvalue weighted by atomic mass is 32.2. The normalized spacial score (nSPS) is 33.3. The van der Waals surface area contributed by atoms with Crippen molar-refractivity contribution in [3.05, 3.63) is 0 Å². The van der Waals surface area contributed by atoms with E-state index in [4.69, 9.17) is 4.74 Å². The second-order valence-corrected chi connectivity index (χ2v) is 6.48. The summed E-state index contributed by atoms with van der Waals surface area (Å²) in [5.74, 6) is 0.713. The number of rotatable bonds is 2. The highest BCUT2D eigenvalue weighted by Gasteiger charge is 2.25. The van der Waals surface area contributed by atoms with Crippen LogP contribution in [-0.2, 0) is 14.6 Å². The molecule has 2 heterocycles. The molecule has 2 rings (SSSR count). The standard InChI is InChI=1S/C9H17NO3S/c11-14(12)4-1-2-8(3-5-14)10-9-6-13-7-9/h8-10H,1-7H2. The molecule has 5 heteroatoms. The summed E-state index contributed by atoms with van der Waals surface area (Å²) in [6.45, 7) is 1.56. The molecule has 2 fully saturated rings. The zero-order chi connectivity index (χ0) is 10.0. The number of hydrogen-bond donors (Lipinski definition) is 1. The van der Waals surface area contributed by atoms with E-state index >= 15 is 0 Å². The lowest BCUT2D eigenvalue weighted by Crippen LogP contribution is -2.50. The van der Waals surface area contributed by atoms with E-state index in [1.165, 1.54) is 0 Å². The van der Waals surface area contributed by atoms with E-state index in [9.17, 15) is 8.42 Å². The van der Waals surface area contributed by atoms with Crippen LogP contribution in [0.3, 0.4) is 0 Å². The highest BCUT2D eigenvalue weighted by molar-refractivity contribution is 7.91. The van der Waals surface area contributed by atoms with Crippen LogP contribution in [0.2, 0.25) is 0 Å². The van der Waals surface area contributed by atoms with Crippen molar-refractivity contribution in [1.82, 2.24) is 5.32 Å². The van der Waals surface area contributed by atoms with Crippen LogP contribution in [0.4, 0.5) is 0 Å². The Kier molecular flexibility index (Phi) is 3.09. The molecule has 0 bridgehead atoms. The Morgan fingerprint density at radius 2 is 1.86 bits per heavy atom. The first-order valence-electron chi connectivity index (χ1n) is 5.20. The predicted octanol–water partition coefficient (Wildman–Crippen LogP) is -0.0579. The van der Waals surface area contributed by atoms with Crippen LogP contribution < -0.4 is 5.32 Å². The third-order valence-corrected chi connectivity index (χ3v) is 4.66. The van der Waals surface area contributed by atoms with Crippen LogP contribution in [0.1, 0.15) is 19.3 Å². The summed E-state index contributed by atoms with van der Waals surface area (Å²) in [5, 5.41) is 3.44. The third kappa shape index (κ3) is 2.68. The van der Waals surface area contributed by atoms with Gasteiger partial charge in [-0.2, -0.15) is 0 Å². The van der Waals surface area contributed by atoms with Gasteiger partial charge in [0, 0.05) is 6.04 Å². The van der Waals surface area contributed by atoms with Crippen LogP contribution in [0.5, 0.6) is 0 Å². The van der Waals surface area contributed by atoms with Gasteiger partial charge in [0.15, 0.2) is 0 Å². The fourth-order valence-electron chi connectivity index (χ4n) is 1.95. The summed E-state index contributed by atoms with van der Waals surface area (Å²) in [5.41, 5.74) is 0. The van der Waals surface area contributed by atoms with Gasteiger partial charge >= 0.3 is 0 Å². The van der Waals surface area contributed by atoms with E-state index in [1.807, 2.05) is 0 Å². The molecule has 0 amide bonds. The minimum Gasteiger partial charge on any atom is -0.378 e. The van der Waals surface area contributed by atoms with Crippen LogP contribution in [-0.4, -0.2) is 45.2 Å². The highest BCUT2D eigenvalue weighted by Crippen LogP contribution is 2.14. The predicted molar refractivity (Wildman–Crippen MR) is 54.0 cm³/mol. The quantitative estimate of drug-likeness (QED) is 0.707. The second kappa shape index (κ2) is 4.16. The van der Waals surface area contributed by atoms with Crippen LogP contribution in [0.15, 0.2) is 0 Å². The lowest BCUT2D eigenvalue weighted by atomic mass is 10.1. The molecule has 2 aliphatic heterocycles. The Morgan fingerprint density at radius 3 is 2.50 bits per heavy atom. The first-order valence-corrected chi connectivity index (χ1v) is 7.02. The average molecular weight is 219 g/mol. The Hall–Kier alpha value is -0.130. The monoisotopic (exact) mass is 219 g/mol. The number of sulfone groups is 1. The Morgan fingerprint density at radius 1 is 1.07 bits per heavy atom. The Balaban J connectivity index is 1.82. The lowest BCUT2D eigenvalue weighted by molar-refractivity contribution is -0.0105. The summed E-state index contributed by atoms with van der Waals surface area (Å²) in [6.07, 6.45) is 2.54. The third-order valence-electron chi connectivity index (χ3n) is 2.89. The summed E-state index contributed by atoms with van der Waals surface area (Å²) in [6, 6.07) is 0.835. The van der Waals surface area contributed by atoms with E-state index < -0.39 is 9.84 Å². The van der Waals surface area contributed by atoms with E-state index in [-0.39, 0.29) is 0 Å². The van der Waals surface area contributed by atoms with E-state index in [0.717, 1.165) is 32.5 Å². The van der Waals surface area contributed by atoms with Gasteiger partial charge in [-0.15, -0.1) is 0 Å². The topological polar surface area (TPSA) is 55.4 Å². The van der Waals surface area contributed by atoms with Gasteiger partial charge < -0.3 is 10.1 Å². The van der Waals surface area contributed by atoms with Crippen molar-refractivity contribution < 1.29 is 13.2 Å². The van der Waals surface area contributed by atoms with Crippen molar-refractivity contribution in [3.63, 3.8) is 0 Å². The molecule has 4 nitrogen and oxygen atoms in total. The Labute approximate surface area is 84.9 Å². The first-order chi connectivity index (χ1) is 6.66. The molecule has 0 spiro atoms. The number of hydrogen-bond acceptors (Lipinski definition) is 4. The molecular weight excluding hydrogens is 202 g/mol. The van der Waals surface area contributed by atoms with Gasteiger partial charge in [-0.25, -0.2) is 8.42 Å². The molecule has 0 saturated carbocycles. The number of nitrogens with one attached hydrogen (secondary N) is 1. The molecule has 1 unspecified atom stereocenters. The van der Waals surface area contributed by atoms with E-state index in [2.05, 4.69) is 5.32 Å². The zero-order valence-electron chi connectivity index (χ0n) is 8.24. The molecule has 0 aromatic heterocycles. The van der Waals surface area contributed by atoms with Gasteiger partial charge in [0.25, 0.3) is 0 Å². The summed E-state index contributed by atoms with van der Waals surface area (Å²) in [7, 11) is -2.75. The van der Waals surface area contributed by atoms with Gasteiger partial charge in [0.2, 0.25) is 0 Å². The smallest absolute Gasteiger partial charge is 0.150 e. The van der Waals surface area contributed by atoms with Crippen molar-refractivity contribution in [2.45, 2.75) is 31.3 Å². The molecular formula is C9H17NO3S. The largest absolute Gasteiger partial charge is 0.378 e. The molecule has 0 aromatic rings. The van der Waals surface area contributed by atoms with Gasteiger partial charge in [0.05, 0.1) is 30.8 Å². The molecule has 0 aliphatic carbocycles. The summed E-state index contributed by atoms with van der Waals surface area (Å²) in [4.78, 5) is 0. The van der Waals surface area contributed by atoms with E-state index in [0.29, 0.717) is 23.6 Å². The maximum Gasteiger partial charge on any atom is 0.150 e. The minimum absolute atomic E-state index is 0.345. The molecule has 14 heavy (non-hydrogen) atoms. The molecule has 2 saturated heterocycles. The van der Waals surface area contributed by atoms with Gasteiger partial charge in [-0.3, -0.25) is 0 Å². The minimum atomic E-state index is -2.75. The van der Waals surface area contributed by atoms with Gasteiger partial charge in [-0.1, -0.05) is 0 Å². The fourth-order valence-corrected chi connectivity index (χ4v) is 3.40. The molecule has 1 N–H and O–H groups in total. The fraction of sp³-hybridized carbons (Fsp3) is 1.00. The zero-order valence-corrected chi connectivity index (χ0v) is 9.05. The summed E-state index contributed by atoms with van der Waals surface area (Å²) < 4.78 is 27.7. The van der Waals surface area contributed by atoms with Crippen molar-refractivity contribution in [1.29, 1.82) is 0 Å². The SMILES string of the molecule is O=S1(=O)CCCC(NC2COC2)CC1. The van der Waals surface area contributed by atoms with Gasteiger partial charge in [-0.05, 0) is 19.3 Å². The van der Waals surface area contributed by atoms with Crippen LogP contribution >= 0.6 is 0 Å². The first kappa shape index (κ1) is 10.4. The molecule has 82 valence electrons. The average Bonchev–Trinajstić information content (AvgIpc) is 2.20. The van der Waals surface area contributed by atoms with Crippen molar-refractivity contribution in [2.24, 2.45) is 0 Å². The van der Waals surface area contributed by atoms with Crippen molar-refractivity contribution >= 4 is 9.84 Å². The Bertz CT molecular complexity index is 284. The molecule has 1 atom stereocenters. The van der Waals surface area contributed by atoms with Crippen molar-refractivity contribution in [2.75, 3.05) is 24.7 Å². The molecule has 0 aromatic carbocycles.